The van der Waals surface area contributed by atoms with Crippen LogP contribution >= 0.6 is 0 Å². The fourth-order valence-corrected chi connectivity index (χ4v) is 4.30. The van der Waals surface area contributed by atoms with Crippen molar-refractivity contribution in [2.45, 2.75) is 26.4 Å². The molecule has 0 saturated heterocycles. The van der Waals surface area contributed by atoms with Crippen molar-refractivity contribution in [3.05, 3.63) is 72.2 Å². The van der Waals surface area contributed by atoms with E-state index < -0.39 is 11.7 Å². The molecule has 0 unspecified atom stereocenters. The number of carbonyl (C=O) groups is 1. The highest BCUT2D eigenvalue weighted by molar-refractivity contribution is 6.02. The minimum absolute atomic E-state index is 0.175. The van der Waals surface area contributed by atoms with Crippen molar-refractivity contribution in [2.24, 2.45) is 0 Å². The Hall–Kier alpha value is -4.80. The topological polar surface area (TPSA) is 102 Å². The molecule has 0 aliphatic rings. The van der Waals surface area contributed by atoms with Crippen LogP contribution in [0.3, 0.4) is 0 Å². The van der Waals surface area contributed by atoms with E-state index in [0.717, 1.165) is 28.1 Å². The second-order valence-electron chi connectivity index (χ2n) is 8.78. The average Bonchev–Trinajstić information content (AvgIpc) is 2.92. The largest absolute Gasteiger partial charge is 0.496 e. The predicted molar refractivity (Wildman–Crippen MR) is 143 cm³/mol. The molecule has 11 heteroatoms. The first kappa shape index (κ1) is 25.8. The minimum atomic E-state index is -4.58. The number of benzene rings is 3. The van der Waals surface area contributed by atoms with E-state index in [1.165, 1.54) is 25.6 Å². The van der Waals surface area contributed by atoms with Crippen LogP contribution in [0.2, 0.25) is 0 Å². The molecule has 0 fully saturated rings. The number of halogens is 3. The van der Waals surface area contributed by atoms with Crippen molar-refractivity contribution in [3.8, 4) is 16.9 Å². The highest BCUT2D eigenvalue weighted by Crippen LogP contribution is 2.39. The monoisotopic (exact) mass is 532 g/mol. The third-order valence-corrected chi connectivity index (χ3v) is 6.22. The molecule has 198 valence electrons. The van der Waals surface area contributed by atoms with Gasteiger partial charge >= 0.3 is 6.18 Å². The first-order valence-corrected chi connectivity index (χ1v) is 12.0. The predicted octanol–water partition coefficient (Wildman–Crippen LogP) is 6.67. The second kappa shape index (κ2) is 10.2. The van der Waals surface area contributed by atoms with Crippen molar-refractivity contribution in [3.63, 3.8) is 0 Å². The SMILES string of the molecule is CCC(=O)Nc1ncc2cc(-c3c(C)ccc4c(Nc5ccc(OC)c(C(F)(F)F)c5)ncnc34)ccc2n1. The van der Waals surface area contributed by atoms with Gasteiger partial charge in [0, 0.05) is 34.6 Å². The number of fused-ring (bicyclic) bond motifs is 2. The number of nitrogens with zero attached hydrogens (tertiary/aromatic N) is 4. The van der Waals surface area contributed by atoms with E-state index in [1.807, 2.05) is 37.3 Å². The lowest BCUT2D eigenvalue weighted by atomic mass is 9.96. The number of aryl methyl sites for hydroxylation is 1. The van der Waals surface area contributed by atoms with Gasteiger partial charge in [-0.3, -0.25) is 10.1 Å². The Labute approximate surface area is 221 Å². The molecule has 0 saturated carbocycles. The van der Waals surface area contributed by atoms with Crippen LogP contribution in [0.15, 0.2) is 61.1 Å². The number of amides is 1. The second-order valence-corrected chi connectivity index (χ2v) is 8.78. The fourth-order valence-electron chi connectivity index (χ4n) is 4.30. The smallest absolute Gasteiger partial charge is 0.420 e. The fraction of sp³-hybridized carbons (Fsp3) is 0.179. The highest BCUT2D eigenvalue weighted by Gasteiger charge is 2.34. The van der Waals surface area contributed by atoms with Crippen LogP contribution in [0.25, 0.3) is 32.9 Å². The minimum Gasteiger partial charge on any atom is -0.496 e. The summed E-state index contributed by atoms with van der Waals surface area (Å²) in [4.78, 5) is 29.2. The Morgan fingerprint density at radius 3 is 2.59 bits per heavy atom. The van der Waals surface area contributed by atoms with Gasteiger partial charge in [-0.1, -0.05) is 19.1 Å². The van der Waals surface area contributed by atoms with Crippen molar-refractivity contribution < 1.29 is 22.7 Å². The van der Waals surface area contributed by atoms with Crippen LogP contribution in [0.1, 0.15) is 24.5 Å². The molecule has 1 amide bonds. The number of rotatable bonds is 6. The summed E-state index contributed by atoms with van der Waals surface area (Å²) in [6.07, 6.45) is -1.25. The number of hydrogen-bond donors (Lipinski definition) is 2. The Balaban J connectivity index is 1.56. The van der Waals surface area contributed by atoms with Gasteiger partial charge in [0.05, 0.1) is 23.7 Å². The summed E-state index contributed by atoms with van der Waals surface area (Å²) in [5.41, 5.74) is 3.25. The van der Waals surface area contributed by atoms with Gasteiger partial charge in [0.2, 0.25) is 11.9 Å². The lowest BCUT2D eigenvalue weighted by molar-refractivity contribution is -0.138. The van der Waals surface area contributed by atoms with E-state index in [0.29, 0.717) is 28.7 Å². The summed E-state index contributed by atoms with van der Waals surface area (Å²) in [7, 11) is 1.20. The molecule has 8 nitrogen and oxygen atoms in total. The molecule has 3 aromatic carbocycles. The number of anilines is 3. The maximum Gasteiger partial charge on any atom is 0.420 e. The van der Waals surface area contributed by atoms with E-state index in [9.17, 15) is 18.0 Å². The van der Waals surface area contributed by atoms with Crippen LogP contribution in [0, 0.1) is 6.92 Å². The normalized spacial score (nSPS) is 11.5. The molecule has 0 spiro atoms. The number of alkyl halides is 3. The average molecular weight is 533 g/mol. The Bertz CT molecular complexity index is 1720. The van der Waals surface area contributed by atoms with E-state index in [-0.39, 0.29) is 23.3 Å². The molecule has 5 rings (SSSR count). The van der Waals surface area contributed by atoms with Gasteiger partial charge in [-0.25, -0.2) is 19.9 Å². The molecular weight excluding hydrogens is 509 g/mol. The molecule has 0 aliphatic carbocycles. The number of nitrogens with one attached hydrogen (secondary N) is 2. The zero-order valence-corrected chi connectivity index (χ0v) is 21.2. The molecule has 0 bridgehead atoms. The summed E-state index contributed by atoms with van der Waals surface area (Å²) in [6, 6.07) is 13.2. The van der Waals surface area contributed by atoms with Gasteiger partial charge in [-0.15, -0.1) is 0 Å². The van der Waals surface area contributed by atoms with Gasteiger partial charge in [-0.05, 0) is 54.4 Å². The number of hydrogen-bond acceptors (Lipinski definition) is 7. The Morgan fingerprint density at radius 1 is 1.03 bits per heavy atom. The number of methoxy groups -OCH3 is 1. The molecule has 39 heavy (non-hydrogen) atoms. The standard InChI is InChI=1S/C28H23F3N6O2/c1-4-23(38)37-27-32-13-17-11-16(6-9-21(17)36-27)24-15(2)5-8-19-25(24)33-14-34-26(19)35-18-7-10-22(39-3)20(12-18)28(29,30)31/h5-14H,4H2,1-3H3,(H,33,34,35)(H,32,36,37,38). The molecular formula is C28H23F3N6O2. The zero-order chi connectivity index (χ0) is 27.7. The Kier molecular flexibility index (Phi) is 6.73. The van der Waals surface area contributed by atoms with Gasteiger partial charge in [0.15, 0.2) is 0 Å². The number of carbonyl (C=O) groups excluding carboxylic acids is 1. The molecule has 5 aromatic rings. The maximum atomic E-state index is 13.5. The van der Waals surface area contributed by atoms with E-state index in [4.69, 9.17) is 4.74 Å². The van der Waals surface area contributed by atoms with E-state index in [2.05, 4.69) is 30.6 Å². The van der Waals surface area contributed by atoms with Gasteiger partial charge in [0.1, 0.15) is 17.9 Å². The number of aromatic nitrogens is 4. The third-order valence-electron chi connectivity index (χ3n) is 6.22. The molecule has 0 atom stereocenters. The molecule has 2 heterocycles. The van der Waals surface area contributed by atoms with Crippen molar-refractivity contribution in [2.75, 3.05) is 17.7 Å². The first-order chi connectivity index (χ1) is 18.7. The molecule has 2 aromatic heterocycles. The molecule has 0 radical (unpaired) electrons. The van der Waals surface area contributed by atoms with Gasteiger partial charge in [-0.2, -0.15) is 13.2 Å². The summed E-state index contributed by atoms with van der Waals surface area (Å²) in [5, 5.41) is 7.06. The highest BCUT2D eigenvalue weighted by atomic mass is 19.4. The zero-order valence-electron chi connectivity index (χ0n) is 21.2. The Morgan fingerprint density at radius 2 is 1.85 bits per heavy atom. The van der Waals surface area contributed by atoms with Crippen molar-refractivity contribution in [1.82, 2.24) is 19.9 Å². The summed E-state index contributed by atoms with van der Waals surface area (Å²) < 4.78 is 45.5. The van der Waals surface area contributed by atoms with E-state index in [1.54, 1.807) is 13.1 Å². The number of ether oxygens (including phenoxy) is 1. The third kappa shape index (κ3) is 5.15. The molecule has 2 N–H and O–H groups in total. The lowest BCUT2D eigenvalue weighted by Gasteiger charge is -2.16. The van der Waals surface area contributed by atoms with Gasteiger partial charge < -0.3 is 10.1 Å². The van der Waals surface area contributed by atoms with Gasteiger partial charge in [0.25, 0.3) is 0 Å². The summed E-state index contributed by atoms with van der Waals surface area (Å²) in [5.74, 6) is 0.156. The van der Waals surface area contributed by atoms with Crippen LogP contribution in [0.4, 0.5) is 30.6 Å². The van der Waals surface area contributed by atoms with Crippen LogP contribution in [0.5, 0.6) is 5.75 Å². The van der Waals surface area contributed by atoms with Crippen LogP contribution in [-0.2, 0) is 11.0 Å². The van der Waals surface area contributed by atoms with Crippen LogP contribution in [-0.4, -0.2) is 33.0 Å². The summed E-state index contributed by atoms with van der Waals surface area (Å²) in [6.45, 7) is 3.70. The lowest BCUT2D eigenvalue weighted by Crippen LogP contribution is -2.12. The van der Waals surface area contributed by atoms with Crippen LogP contribution < -0.4 is 15.4 Å². The van der Waals surface area contributed by atoms with Crippen molar-refractivity contribution in [1.29, 1.82) is 0 Å². The van der Waals surface area contributed by atoms with Crippen molar-refractivity contribution >= 4 is 45.2 Å². The maximum absolute atomic E-state index is 13.5. The quantitative estimate of drug-likeness (QED) is 0.252. The van der Waals surface area contributed by atoms with E-state index >= 15 is 0 Å². The molecule has 0 aliphatic heterocycles. The summed E-state index contributed by atoms with van der Waals surface area (Å²) >= 11 is 0. The first-order valence-electron chi connectivity index (χ1n) is 12.0.